The molecule has 4 rings (SSSR count). The summed E-state index contributed by atoms with van der Waals surface area (Å²) in [5.41, 5.74) is 0.893. The summed E-state index contributed by atoms with van der Waals surface area (Å²) in [7, 11) is -3.68. The van der Waals surface area contributed by atoms with Crippen molar-refractivity contribution >= 4 is 27.3 Å². The topological polar surface area (TPSA) is 100 Å². The standard InChI is InChI=1S/C19H21N5O3S/c1-14-11-18(23-22-14)20-17-12-16(28(25,26)15-5-3-2-4-6-15)13-19(21-17)24-7-9-27-10-8-24/h2-6,11-13H,7-10H2,1H3,(H2,20,21,22,23). The second kappa shape index (κ2) is 7.61. The lowest BCUT2D eigenvalue weighted by Gasteiger charge is -2.28. The van der Waals surface area contributed by atoms with Gasteiger partial charge in [0.05, 0.1) is 23.0 Å². The molecule has 0 bridgehead atoms. The highest BCUT2D eigenvalue weighted by Crippen LogP contribution is 2.28. The Morgan fingerprint density at radius 1 is 1.04 bits per heavy atom. The summed E-state index contributed by atoms with van der Waals surface area (Å²) in [6.45, 7) is 4.37. The summed E-state index contributed by atoms with van der Waals surface area (Å²) in [5, 5.41) is 10.1. The third-order valence-corrected chi connectivity index (χ3v) is 6.20. The first-order valence-electron chi connectivity index (χ1n) is 8.96. The fourth-order valence-electron chi connectivity index (χ4n) is 3.01. The van der Waals surface area contributed by atoms with Crippen LogP contribution in [0.5, 0.6) is 0 Å². The van der Waals surface area contributed by atoms with Crippen LogP contribution in [0.1, 0.15) is 5.69 Å². The van der Waals surface area contributed by atoms with Crippen molar-refractivity contribution in [1.82, 2.24) is 15.2 Å². The van der Waals surface area contributed by atoms with Gasteiger partial charge in [-0.05, 0) is 25.1 Å². The lowest BCUT2D eigenvalue weighted by molar-refractivity contribution is 0.122. The lowest BCUT2D eigenvalue weighted by atomic mass is 10.3. The Balaban J connectivity index is 1.77. The molecule has 28 heavy (non-hydrogen) atoms. The number of ether oxygens (including phenoxy) is 1. The summed E-state index contributed by atoms with van der Waals surface area (Å²) in [6, 6.07) is 13.4. The summed E-state index contributed by atoms with van der Waals surface area (Å²) < 4.78 is 31.7. The first-order chi connectivity index (χ1) is 13.5. The number of rotatable bonds is 5. The second-order valence-corrected chi connectivity index (χ2v) is 8.47. The number of morpholine rings is 1. The molecule has 0 aliphatic carbocycles. The van der Waals surface area contributed by atoms with Gasteiger partial charge in [-0.2, -0.15) is 5.10 Å². The molecule has 0 atom stereocenters. The van der Waals surface area contributed by atoms with E-state index >= 15 is 0 Å². The minimum absolute atomic E-state index is 0.185. The Morgan fingerprint density at radius 3 is 2.46 bits per heavy atom. The van der Waals surface area contributed by atoms with Gasteiger partial charge in [-0.1, -0.05) is 18.2 Å². The fraction of sp³-hybridized carbons (Fsp3) is 0.263. The molecule has 9 heteroatoms. The van der Waals surface area contributed by atoms with Crippen LogP contribution in [-0.2, 0) is 14.6 Å². The van der Waals surface area contributed by atoms with Crippen LogP contribution in [0.3, 0.4) is 0 Å². The Hall–Kier alpha value is -2.91. The molecule has 0 saturated carbocycles. The number of sulfone groups is 1. The van der Waals surface area contributed by atoms with Crippen LogP contribution in [-0.4, -0.2) is 49.9 Å². The Bertz CT molecular complexity index is 1060. The number of pyridine rings is 1. The normalized spacial score (nSPS) is 14.8. The van der Waals surface area contributed by atoms with Crippen molar-refractivity contribution in [1.29, 1.82) is 0 Å². The van der Waals surface area contributed by atoms with Gasteiger partial charge in [0.1, 0.15) is 11.6 Å². The van der Waals surface area contributed by atoms with Gasteiger partial charge >= 0.3 is 0 Å². The molecule has 3 heterocycles. The largest absolute Gasteiger partial charge is 0.378 e. The number of hydrogen-bond donors (Lipinski definition) is 2. The third kappa shape index (κ3) is 3.85. The van der Waals surface area contributed by atoms with Crippen LogP contribution >= 0.6 is 0 Å². The molecule has 3 aromatic rings. The maximum Gasteiger partial charge on any atom is 0.206 e. The molecular formula is C19H21N5O3S. The molecule has 1 saturated heterocycles. The molecular weight excluding hydrogens is 378 g/mol. The molecule has 1 aliphatic heterocycles. The number of nitrogens with one attached hydrogen (secondary N) is 2. The highest BCUT2D eigenvalue weighted by atomic mass is 32.2. The quantitative estimate of drug-likeness (QED) is 0.680. The number of aromatic amines is 1. The van der Waals surface area contributed by atoms with Crippen molar-refractivity contribution in [2.45, 2.75) is 16.7 Å². The number of hydrogen-bond acceptors (Lipinski definition) is 7. The van der Waals surface area contributed by atoms with Gasteiger partial charge in [-0.25, -0.2) is 13.4 Å². The van der Waals surface area contributed by atoms with Gasteiger partial charge in [-0.15, -0.1) is 0 Å². The smallest absolute Gasteiger partial charge is 0.206 e. The molecule has 0 radical (unpaired) electrons. The van der Waals surface area contributed by atoms with E-state index in [0.29, 0.717) is 43.8 Å². The number of aromatic nitrogens is 3. The molecule has 0 unspecified atom stereocenters. The van der Waals surface area contributed by atoms with E-state index in [9.17, 15) is 8.42 Å². The number of anilines is 3. The number of H-pyrrole nitrogens is 1. The zero-order valence-corrected chi connectivity index (χ0v) is 16.2. The summed E-state index contributed by atoms with van der Waals surface area (Å²) >= 11 is 0. The van der Waals surface area contributed by atoms with E-state index in [1.54, 1.807) is 36.4 Å². The highest BCUT2D eigenvalue weighted by molar-refractivity contribution is 7.91. The van der Waals surface area contributed by atoms with Gasteiger partial charge in [0.2, 0.25) is 9.84 Å². The summed E-state index contributed by atoms with van der Waals surface area (Å²) in [5.74, 6) is 1.59. The van der Waals surface area contributed by atoms with Crippen LogP contribution in [0.25, 0.3) is 0 Å². The van der Waals surface area contributed by atoms with Gasteiger partial charge < -0.3 is 15.0 Å². The van der Waals surface area contributed by atoms with E-state index in [2.05, 4.69) is 20.5 Å². The second-order valence-electron chi connectivity index (χ2n) is 6.52. The molecule has 1 aromatic carbocycles. The molecule has 0 spiro atoms. The Labute approximate surface area is 163 Å². The SMILES string of the molecule is Cc1cc(Nc2cc(S(=O)(=O)c3ccccc3)cc(N3CCOCC3)n2)n[nH]1. The van der Waals surface area contributed by atoms with E-state index in [1.807, 2.05) is 17.9 Å². The molecule has 1 aliphatic rings. The molecule has 2 aromatic heterocycles. The van der Waals surface area contributed by atoms with E-state index in [0.717, 1.165) is 5.69 Å². The monoisotopic (exact) mass is 399 g/mol. The number of nitrogens with zero attached hydrogens (tertiary/aromatic N) is 3. The van der Waals surface area contributed by atoms with Gasteiger partial charge in [-0.3, -0.25) is 5.10 Å². The van der Waals surface area contributed by atoms with E-state index < -0.39 is 9.84 Å². The molecule has 2 N–H and O–H groups in total. The molecule has 146 valence electrons. The van der Waals surface area contributed by atoms with Crippen molar-refractivity contribution < 1.29 is 13.2 Å². The fourth-order valence-corrected chi connectivity index (χ4v) is 4.33. The van der Waals surface area contributed by atoms with Gasteiger partial charge in [0.15, 0.2) is 5.82 Å². The van der Waals surface area contributed by atoms with E-state index in [1.165, 1.54) is 6.07 Å². The summed E-state index contributed by atoms with van der Waals surface area (Å²) in [4.78, 5) is 7.06. The Morgan fingerprint density at radius 2 is 1.79 bits per heavy atom. The van der Waals surface area contributed by atoms with E-state index in [-0.39, 0.29) is 9.79 Å². The van der Waals surface area contributed by atoms with Gasteiger partial charge in [0, 0.05) is 30.9 Å². The number of aryl methyl sites for hydroxylation is 1. The van der Waals surface area contributed by atoms with Crippen LogP contribution in [0.2, 0.25) is 0 Å². The summed E-state index contributed by atoms with van der Waals surface area (Å²) in [6.07, 6.45) is 0. The predicted molar refractivity (Wildman–Crippen MR) is 106 cm³/mol. The van der Waals surface area contributed by atoms with Crippen molar-refractivity contribution in [3.05, 3.63) is 54.2 Å². The number of benzene rings is 1. The van der Waals surface area contributed by atoms with Crippen LogP contribution in [0, 0.1) is 6.92 Å². The molecule has 1 fully saturated rings. The van der Waals surface area contributed by atoms with Crippen molar-refractivity contribution in [2.24, 2.45) is 0 Å². The lowest BCUT2D eigenvalue weighted by Crippen LogP contribution is -2.36. The van der Waals surface area contributed by atoms with Crippen molar-refractivity contribution in [3.8, 4) is 0 Å². The zero-order valence-electron chi connectivity index (χ0n) is 15.4. The van der Waals surface area contributed by atoms with Crippen LogP contribution in [0.4, 0.5) is 17.5 Å². The van der Waals surface area contributed by atoms with Crippen molar-refractivity contribution in [3.63, 3.8) is 0 Å². The maximum atomic E-state index is 13.2. The van der Waals surface area contributed by atoms with E-state index in [4.69, 9.17) is 4.74 Å². The average Bonchev–Trinajstić information content (AvgIpc) is 3.13. The first kappa shape index (κ1) is 18.5. The highest BCUT2D eigenvalue weighted by Gasteiger charge is 2.22. The average molecular weight is 399 g/mol. The van der Waals surface area contributed by atoms with Gasteiger partial charge in [0.25, 0.3) is 0 Å². The predicted octanol–water partition coefficient (Wildman–Crippen LogP) is 2.53. The minimum Gasteiger partial charge on any atom is -0.378 e. The third-order valence-electron chi connectivity index (χ3n) is 4.45. The Kier molecular flexibility index (Phi) is 5.01. The molecule has 8 nitrogen and oxygen atoms in total. The minimum atomic E-state index is -3.68. The molecule has 0 amide bonds. The van der Waals surface area contributed by atoms with Crippen LogP contribution in [0.15, 0.2) is 58.3 Å². The zero-order chi connectivity index (χ0) is 19.6. The first-order valence-corrected chi connectivity index (χ1v) is 10.4. The van der Waals surface area contributed by atoms with Crippen molar-refractivity contribution in [2.75, 3.05) is 36.5 Å². The maximum absolute atomic E-state index is 13.2. The van der Waals surface area contributed by atoms with Crippen LogP contribution < -0.4 is 10.2 Å².